The van der Waals surface area contributed by atoms with Crippen LogP contribution in [0.5, 0.6) is 0 Å². The molecule has 112 valence electrons. The Labute approximate surface area is 120 Å². The fourth-order valence-electron chi connectivity index (χ4n) is 2.19. The number of carboxylic acid groups (broad SMARTS) is 1. The lowest BCUT2D eigenvalue weighted by Crippen LogP contribution is -2.44. The van der Waals surface area contributed by atoms with E-state index in [0.717, 1.165) is 11.1 Å². The molecule has 0 saturated heterocycles. The largest absolute Gasteiger partial charge is 0.481 e. The monoisotopic (exact) mass is 279 g/mol. The summed E-state index contributed by atoms with van der Waals surface area (Å²) >= 11 is 0. The Bertz CT molecular complexity index is 445. The third kappa shape index (κ3) is 4.05. The van der Waals surface area contributed by atoms with Crippen LogP contribution in [0.25, 0.3) is 0 Å². The number of aryl methyl sites for hydroxylation is 1. The first-order chi connectivity index (χ1) is 9.42. The molecule has 0 bridgehead atoms. The molecule has 1 aromatic carbocycles. The van der Waals surface area contributed by atoms with Gasteiger partial charge in [0.05, 0.1) is 0 Å². The van der Waals surface area contributed by atoms with Crippen LogP contribution >= 0.6 is 0 Å². The van der Waals surface area contributed by atoms with Crippen molar-refractivity contribution in [2.75, 3.05) is 19.8 Å². The van der Waals surface area contributed by atoms with E-state index in [0.29, 0.717) is 25.6 Å². The molecule has 1 unspecified atom stereocenters. The number of nitrogens with two attached hydrogens (primary N) is 1. The summed E-state index contributed by atoms with van der Waals surface area (Å²) in [7, 11) is 0. The molecule has 0 aromatic heterocycles. The van der Waals surface area contributed by atoms with Gasteiger partial charge in [-0.3, -0.25) is 4.79 Å². The first-order valence-electron chi connectivity index (χ1n) is 7.00. The average molecular weight is 279 g/mol. The van der Waals surface area contributed by atoms with E-state index in [4.69, 9.17) is 10.5 Å². The second-order valence-corrected chi connectivity index (χ2v) is 5.68. The molecular weight excluding hydrogens is 254 g/mol. The molecule has 1 atom stereocenters. The van der Waals surface area contributed by atoms with E-state index >= 15 is 0 Å². The van der Waals surface area contributed by atoms with Gasteiger partial charge in [0.15, 0.2) is 0 Å². The highest BCUT2D eigenvalue weighted by molar-refractivity contribution is 5.81. The molecule has 0 spiro atoms. The lowest BCUT2D eigenvalue weighted by atomic mass is 9.77. The zero-order chi connectivity index (χ0) is 15.2. The van der Waals surface area contributed by atoms with E-state index in [1.807, 2.05) is 31.2 Å². The Balaban J connectivity index is 2.89. The Hall–Kier alpha value is -1.39. The molecule has 4 heteroatoms. The maximum atomic E-state index is 11.8. The fourth-order valence-corrected chi connectivity index (χ4v) is 2.19. The van der Waals surface area contributed by atoms with Crippen molar-refractivity contribution in [3.05, 3.63) is 35.4 Å². The van der Waals surface area contributed by atoms with Gasteiger partial charge in [0.2, 0.25) is 0 Å². The minimum absolute atomic E-state index is 0.0663. The van der Waals surface area contributed by atoms with Crippen molar-refractivity contribution in [2.45, 2.75) is 32.6 Å². The van der Waals surface area contributed by atoms with E-state index < -0.39 is 11.4 Å². The summed E-state index contributed by atoms with van der Waals surface area (Å²) < 4.78 is 5.54. The number of ether oxygens (including phenoxy) is 1. The summed E-state index contributed by atoms with van der Waals surface area (Å²) in [5, 5.41) is 9.64. The topological polar surface area (TPSA) is 72.5 Å². The first kappa shape index (κ1) is 16.7. The molecule has 4 nitrogen and oxygen atoms in total. The molecule has 1 aromatic rings. The van der Waals surface area contributed by atoms with Gasteiger partial charge in [0, 0.05) is 19.8 Å². The minimum atomic E-state index is -1.07. The number of hydrogen-bond donors (Lipinski definition) is 2. The van der Waals surface area contributed by atoms with Gasteiger partial charge in [0.1, 0.15) is 5.41 Å². The number of aliphatic carboxylic acids is 1. The number of hydrogen-bond acceptors (Lipinski definition) is 3. The van der Waals surface area contributed by atoms with Crippen LogP contribution in [0.1, 0.15) is 31.4 Å². The Morgan fingerprint density at radius 2 is 2.15 bits per heavy atom. The average Bonchev–Trinajstić information content (AvgIpc) is 2.38. The van der Waals surface area contributed by atoms with Crippen LogP contribution in [0, 0.1) is 12.8 Å². The van der Waals surface area contributed by atoms with Crippen molar-refractivity contribution < 1.29 is 14.6 Å². The summed E-state index contributed by atoms with van der Waals surface area (Å²) in [5.74, 6) is -0.454. The van der Waals surface area contributed by atoms with Gasteiger partial charge in [-0.25, -0.2) is 0 Å². The second kappa shape index (κ2) is 7.41. The van der Waals surface area contributed by atoms with Gasteiger partial charge in [0.25, 0.3) is 0 Å². The van der Waals surface area contributed by atoms with Gasteiger partial charge in [-0.2, -0.15) is 0 Å². The van der Waals surface area contributed by atoms with Crippen LogP contribution in [0.2, 0.25) is 0 Å². The van der Waals surface area contributed by atoms with E-state index in [1.165, 1.54) is 0 Å². The molecule has 1 rings (SSSR count). The molecule has 0 fully saturated rings. The van der Waals surface area contributed by atoms with Crippen molar-refractivity contribution in [1.82, 2.24) is 0 Å². The summed E-state index contributed by atoms with van der Waals surface area (Å²) in [6, 6.07) is 7.54. The van der Waals surface area contributed by atoms with E-state index in [9.17, 15) is 9.90 Å². The number of carboxylic acids is 1. The van der Waals surface area contributed by atoms with Crippen LogP contribution < -0.4 is 5.73 Å². The molecule has 3 N–H and O–H groups in total. The fraction of sp³-hybridized carbons (Fsp3) is 0.562. The summed E-state index contributed by atoms with van der Waals surface area (Å²) in [6.45, 7) is 7.17. The van der Waals surface area contributed by atoms with Crippen LogP contribution in [0.4, 0.5) is 0 Å². The van der Waals surface area contributed by atoms with Gasteiger partial charge < -0.3 is 15.6 Å². The normalized spacial score (nSPS) is 14.2. The molecule has 0 aliphatic rings. The minimum Gasteiger partial charge on any atom is -0.481 e. The maximum Gasteiger partial charge on any atom is 0.315 e. The van der Waals surface area contributed by atoms with Gasteiger partial charge in [-0.05, 0) is 24.8 Å². The number of carbonyl (C=O) groups is 1. The highest BCUT2D eigenvalue weighted by Crippen LogP contribution is 2.28. The predicted octanol–water partition coefficient (Wildman–Crippen LogP) is 2.34. The van der Waals surface area contributed by atoms with Crippen LogP contribution in [0.3, 0.4) is 0 Å². The summed E-state index contributed by atoms with van der Waals surface area (Å²) in [6.07, 6.45) is 0.384. The predicted molar refractivity (Wildman–Crippen MR) is 79.8 cm³/mol. The van der Waals surface area contributed by atoms with Crippen molar-refractivity contribution in [2.24, 2.45) is 11.7 Å². The molecule has 0 amide bonds. The SMILES string of the molecule is Cc1cccc(C(CN)(CCOCC(C)C)C(=O)O)c1. The highest BCUT2D eigenvalue weighted by Gasteiger charge is 2.38. The Morgan fingerprint density at radius 3 is 2.65 bits per heavy atom. The van der Waals surface area contributed by atoms with Crippen molar-refractivity contribution >= 4 is 5.97 Å². The third-order valence-electron chi connectivity index (χ3n) is 3.45. The molecule has 0 aliphatic carbocycles. The van der Waals surface area contributed by atoms with Gasteiger partial charge in [-0.15, -0.1) is 0 Å². The quantitative estimate of drug-likeness (QED) is 0.716. The lowest BCUT2D eigenvalue weighted by Gasteiger charge is -2.29. The zero-order valence-electron chi connectivity index (χ0n) is 12.6. The molecule has 0 aliphatic heterocycles. The molecule has 0 heterocycles. The molecular formula is C16H25NO3. The Kier molecular flexibility index (Phi) is 6.17. The lowest BCUT2D eigenvalue weighted by molar-refractivity contribution is -0.144. The van der Waals surface area contributed by atoms with E-state index in [-0.39, 0.29) is 6.54 Å². The molecule has 0 radical (unpaired) electrons. The third-order valence-corrected chi connectivity index (χ3v) is 3.45. The van der Waals surface area contributed by atoms with E-state index in [2.05, 4.69) is 13.8 Å². The van der Waals surface area contributed by atoms with Crippen LogP contribution in [-0.2, 0) is 14.9 Å². The smallest absolute Gasteiger partial charge is 0.315 e. The van der Waals surface area contributed by atoms with Crippen LogP contribution in [0.15, 0.2) is 24.3 Å². The Morgan fingerprint density at radius 1 is 1.45 bits per heavy atom. The second-order valence-electron chi connectivity index (χ2n) is 5.68. The first-order valence-corrected chi connectivity index (χ1v) is 7.00. The van der Waals surface area contributed by atoms with Crippen molar-refractivity contribution in [1.29, 1.82) is 0 Å². The van der Waals surface area contributed by atoms with Crippen LogP contribution in [-0.4, -0.2) is 30.8 Å². The summed E-state index contributed by atoms with van der Waals surface area (Å²) in [4.78, 5) is 11.8. The standard InChI is InChI=1S/C16H25NO3/c1-12(2)10-20-8-7-16(11-17,15(18)19)14-6-4-5-13(3)9-14/h4-6,9,12H,7-8,10-11,17H2,1-3H3,(H,18,19). The van der Waals surface area contributed by atoms with E-state index in [1.54, 1.807) is 0 Å². The molecule has 0 saturated carbocycles. The molecule has 20 heavy (non-hydrogen) atoms. The zero-order valence-corrected chi connectivity index (χ0v) is 12.6. The number of rotatable bonds is 8. The number of benzene rings is 1. The maximum absolute atomic E-state index is 11.8. The van der Waals surface area contributed by atoms with Gasteiger partial charge >= 0.3 is 5.97 Å². The summed E-state index contributed by atoms with van der Waals surface area (Å²) in [5.41, 5.74) is 6.51. The highest BCUT2D eigenvalue weighted by atomic mass is 16.5. The van der Waals surface area contributed by atoms with Gasteiger partial charge in [-0.1, -0.05) is 43.7 Å². The van der Waals surface area contributed by atoms with Crippen molar-refractivity contribution in [3.63, 3.8) is 0 Å². The van der Waals surface area contributed by atoms with Crippen molar-refractivity contribution in [3.8, 4) is 0 Å².